The molecule has 0 aliphatic heterocycles. The number of hydrogen-bond donors (Lipinski definition) is 25. The normalized spacial score (nSPS) is 15.2. The van der Waals surface area contributed by atoms with Crippen molar-refractivity contribution in [1.82, 2.24) is 89.7 Å². The van der Waals surface area contributed by atoms with E-state index >= 15 is 9.59 Å². The van der Waals surface area contributed by atoms with E-state index in [9.17, 15) is 82.1 Å². The maximum Gasteiger partial charge on any atom is 0.326 e. The molecule has 0 unspecified atom stereocenters. The Balaban J connectivity index is 1.98. The van der Waals surface area contributed by atoms with Crippen molar-refractivity contribution in [2.45, 2.75) is 262 Å². The van der Waals surface area contributed by atoms with Crippen LogP contribution in [0.2, 0.25) is 0 Å². The molecule has 0 fully saturated rings. The van der Waals surface area contributed by atoms with E-state index in [1.165, 1.54) is 45.1 Å². The minimum atomic E-state index is -1.88. The fraction of sp³-hybridized carbons (Fsp3) is 0.598. The third kappa shape index (κ3) is 39.5. The molecule has 43 nitrogen and oxygen atoms in total. The zero-order chi connectivity index (χ0) is 94.4. The smallest absolute Gasteiger partial charge is 0.326 e. The van der Waals surface area contributed by atoms with E-state index in [1.54, 1.807) is 108 Å². The maximum atomic E-state index is 15.0. The number of amides is 16. The summed E-state index contributed by atoms with van der Waals surface area (Å²) < 4.78 is 0. The van der Waals surface area contributed by atoms with Gasteiger partial charge in [-0.25, -0.2) is 9.78 Å². The number of aromatic amines is 1. The Hall–Kier alpha value is -11.9. The molecule has 3 aromatic rings. The molecule has 1 heterocycles. The number of aliphatic hydroxyl groups is 1. The summed E-state index contributed by atoms with van der Waals surface area (Å²) in [7, 11) is 0. The standard InChI is InChI=1S/C82H132N24O19S/c1-11-45(6)66(106-76(119)58(38-50-25-16-13-17-26-50)102-79(122)65(44(4)5)105-67(110)46(7)93-69(112)55(32-36-126-10)97-72(115)54(30-31-61(85)108)98-78(121)64(43(2)3)104-68(111)47(8)94-77(120)63(87)48(9)107)80(123)103-59(39-51-41-90-42-92-51)74(117)101-60(40-62(86)109)75(118)100-57(37-49-23-14-12-15-24-49)73(116)96-52(27-18-20-33-83)70(113)95-53(29-22-35-91-82(88)89)71(114)99-56(81(124)125)28-19-21-34-84/h12-17,23-26,41-48,52-60,63-66,107H,11,18-22,27-40,83-84,87H2,1-10H3,(H2,85,108)(H2,86,109)(H,90,92)(H,93,112)(H,94,120)(H,95,113)(H,96,116)(H,97,115)(H,98,121)(H,99,114)(H,100,118)(H,101,117)(H,102,122)(H,103,123)(H,104,111)(H,105,110)(H,106,119)(H,124,125)(H4,88,89,91)/t45-,46-,47-,48+,52-,53-,54-,55+,56-,57-,58-,59-,60-,63-,64-,65-,66-/m0/s1. The SMILES string of the molecule is CC[C@H](C)[C@H](NC(=O)[C@H](Cc1ccccc1)NC(=O)[C@@H](NC(=O)[C@H](C)NC(=O)[C@@H](CCSC)NC(=O)[C@H](CCC(N)=O)NC(=O)[C@@H](NC(=O)[C@H](C)NC(=O)[C@@H](N)[C@@H](C)O)C(C)C)C(C)C)C(=O)N[C@@H](Cc1cnc[nH]1)C(=O)N[C@@H](CC(N)=O)C(=O)N[C@@H](Cc1ccccc1)C(=O)N[C@@H](CCCCN)C(=O)N[C@@H](CCCNC(=N)N)C(=O)N[C@@H](CCCCN)C(=O)O. The highest BCUT2D eigenvalue weighted by Gasteiger charge is 2.40. The molecule has 17 atom stereocenters. The lowest BCUT2D eigenvalue weighted by atomic mass is 9.96. The first-order valence-corrected chi connectivity index (χ1v) is 43.5. The second-order valence-corrected chi connectivity index (χ2v) is 32.6. The number of aliphatic carboxylic acids is 1. The number of rotatable bonds is 60. The molecule has 44 heteroatoms. The number of carbonyl (C=O) groups excluding carboxylic acids is 16. The number of carboxylic acids is 1. The van der Waals surface area contributed by atoms with E-state index in [0.29, 0.717) is 30.4 Å². The molecule has 126 heavy (non-hydrogen) atoms. The molecule has 1 aromatic heterocycles. The predicted molar refractivity (Wildman–Crippen MR) is 468 cm³/mol. The summed E-state index contributed by atoms with van der Waals surface area (Å²) in [6.45, 7) is 14.1. The number of nitrogens with zero attached hydrogens (tertiary/aromatic N) is 1. The average Bonchev–Trinajstić information content (AvgIpc) is 0.970. The van der Waals surface area contributed by atoms with Gasteiger partial charge < -0.3 is 129 Å². The highest BCUT2D eigenvalue weighted by atomic mass is 32.2. The molecule has 0 radical (unpaired) electrons. The van der Waals surface area contributed by atoms with Crippen LogP contribution in [0.1, 0.15) is 163 Å². The number of aliphatic hydroxyl groups excluding tert-OH is 1. The first kappa shape index (κ1) is 108. The van der Waals surface area contributed by atoms with Crippen molar-refractivity contribution in [1.29, 1.82) is 5.41 Å². The number of nitrogens with two attached hydrogens (primary N) is 6. The summed E-state index contributed by atoms with van der Waals surface area (Å²) in [5.41, 5.74) is 35.1. The molecule has 700 valence electrons. The maximum absolute atomic E-state index is 15.0. The number of carbonyl (C=O) groups is 17. The van der Waals surface area contributed by atoms with Gasteiger partial charge >= 0.3 is 5.97 Å². The monoisotopic (exact) mass is 1790 g/mol. The van der Waals surface area contributed by atoms with Crippen LogP contribution in [0.15, 0.2) is 73.2 Å². The Kier molecular flexibility index (Phi) is 48.9. The molecule has 0 saturated heterocycles. The van der Waals surface area contributed by atoms with Crippen LogP contribution >= 0.6 is 11.8 Å². The molecular formula is C82H132N24O19S. The van der Waals surface area contributed by atoms with Gasteiger partial charge in [0.1, 0.15) is 90.6 Å². The summed E-state index contributed by atoms with van der Waals surface area (Å²) in [6, 6.07) is -5.38. The van der Waals surface area contributed by atoms with Gasteiger partial charge in [-0.05, 0) is 139 Å². The van der Waals surface area contributed by atoms with Crippen molar-refractivity contribution in [2.75, 3.05) is 31.6 Å². The number of H-pyrrole nitrogens is 1. The number of nitrogens with one attached hydrogen (secondary N) is 17. The molecule has 31 N–H and O–H groups in total. The first-order valence-electron chi connectivity index (χ1n) is 42.1. The fourth-order valence-electron chi connectivity index (χ4n) is 12.7. The third-order valence-corrected chi connectivity index (χ3v) is 21.1. The van der Waals surface area contributed by atoms with Crippen LogP contribution in [0.25, 0.3) is 0 Å². The summed E-state index contributed by atoms with van der Waals surface area (Å²) in [4.78, 5) is 244. The molecule has 0 aliphatic rings. The van der Waals surface area contributed by atoms with Crippen LogP contribution in [-0.2, 0) is 101 Å². The van der Waals surface area contributed by atoms with Crippen molar-refractivity contribution in [3.05, 3.63) is 90.0 Å². The summed E-state index contributed by atoms with van der Waals surface area (Å²) in [5.74, 6) is -18.5. The first-order chi connectivity index (χ1) is 59.5. The van der Waals surface area contributed by atoms with Crippen LogP contribution in [0.4, 0.5) is 0 Å². The number of guanidine groups is 1. The van der Waals surface area contributed by atoms with Gasteiger partial charge in [-0.2, -0.15) is 11.8 Å². The predicted octanol–water partition coefficient (Wildman–Crippen LogP) is -5.17. The lowest BCUT2D eigenvalue weighted by Crippen LogP contribution is -2.62. The molecular weight excluding hydrogens is 1660 g/mol. The van der Waals surface area contributed by atoms with Gasteiger partial charge in [0.2, 0.25) is 94.5 Å². The third-order valence-electron chi connectivity index (χ3n) is 20.4. The van der Waals surface area contributed by atoms with Crippen molar-refractivity contribution in [2.24, 2.45) is 52.2 Å². The number of hydrogen-bond acceptors (Lipinski definition) is 24. The molecule has 0 saturated carbocycles. The van der Waals surface area contributed by atoms with Gasteiger partial charge in [0.05, 0.1) is 18.9 Å². The highest BCUT2D eigenvalue weighted by molar-refractivity contribution is 7.98. The molecule has 3 rings (SSSR count). The number of unbranched alkanes of at least 4 members (excludes halogenated alkanes) is 2. The van der Waals surface area contributed by atoms with Crippen molar-refractivity contribution < 1.29 is 91.7 Å². The van der Waals surface area contributed by atoms with Crippen molar-refractivity contribution >= 4 is 118 Å². The van der Waals surface area contributed by atoms with Gasteiger partial charge in [-0.1, -0.05) is 109 Å². The zero-order valence-corrected chi connectivity index (χ0v) is 74.0. The minimum absolute atomic E-state index is 0.0155. The Labute approximate surface area is 737 Å². The van der Waals surface area contributed by atoms with Crippen molar-refractivity contribution in [3.63, 3.8) is 0 Å². The average molecular weight is 1790 g/mol. The number of primary amides is 2. The van der Waals surface area contributed by atoms with Crippen LogP contribution in [0.3, 0.4) is 0 Å². The minimum Gasteiger partial charge on any atom is -0.480 e. The number of aromatic nitrogens is 2. The lowest BCUT2D eigenvalue weighted by molar-refractivity contribution is -0.142. The molecule has 2 aromatic carbocycles. The van der Waals surface area contributed by atoms with E-state index in [1.807, 2.05) is 0 Å². The second kappa shape index (κ2) is 56.9. The topological polar surface area (TPSA) is 720 Å². The Morgan fingerprint density at radius 1 is 0.437 bits per heavy atom. The summed E-state index contributed by atoms with van der Waals surface area (Å²) in [5, 5.41) is 66.2. The van der Waals surface area contributed by atoms with Crippen LogP contribution < -0.4 is 114 Å². The Morgan fingerprint density at radius 2 is 0.810 bits per heavy atom. The van der Waals surface area contributed by atoms with E-state index in [4.69, 9.17) is 39.8 Å². The van der Waals surface area contributed by atoms with Gasteiger partial charge in [-0.3, -0.25) is 82.1 Å². The van der Waals surface area contributed by atoms with Gasteiger partial charge in [0.25, 0.3) is 0 Å². The number of carboxylic acid groups (broad SMARTS) is 1. The van der Waals surface area contributed by atoms with Crippen LogP contribution in [0.5, 0.6) is 0 Å². The second-order valence-electron chi connectivity index (χ2n) is 31.6. The van der Waals surface area contributed by atoms with Gasteiger partial charge in [0.15, 0.2) is 5.96 Å². The fourth-order valence-corrected chi connectivity index (χ4v) is 13.2. The molecule has 0 aliphatic carbocycles. The van der Waals surface area contributed by atoms with Gasteiger partial charge in [0, 0.05) is 44.1 Å². The Bertz CT molecular complexity index is 4080. The number of thioether (sulfide) groups is 1. The largest absolute Gasteiger partial charge is 0.480 e. The van der Waals surface area contributed by atoms with Crippen LogP contribution in [0, 0.1) is 23.2 Å². The lowest BCUT2D eigenvalue weighted by Gasteiger charge is -2.30. The van der Waals surface area contributed by atoms with E-state index in [-0.39, 0.29) is 108 Å². The van der Waals surface area contributed by atoms with Crippen molar-refractivity contribution in [3.8, 4) is 0 Å². The van der Waals surface area contributed by atoms with E-state index < -0.39 is 228 Å². The van der Waals surface area contributed by atoms with Crippen LogP contribution in [-0.4, -0.2) is 255 Å². The number of imidazole rings is 1. The van der Waals surface area contributed by atoms with E-state index in [0.717, 1.165) is 0 Å². The summed E-state index contributed by atoms with van der Waals surface area (Å²) in [6.07, 6.45) is 2.20. The Morgan fingerprint density at radius 3 is 1.23 bits per heavy atom. The molecule has 16 amide bonds. The quantitative estimate of drug-likeness (QED) is 0.0143. The summed E-state index contributed by atoms with van der Waals surface area (Å²) >= 11 is 1.30. The van der Waals surface area contributed by atoms with Gasteiger partial charge in [-0.15, -0.1) is 0 Å². The van der Waals surface area contributed by atoms with E-state index in [2.05, 4.69) is 89.7 Å². The highest BCUT2D eigenvalue weighted by Crippen LogP contribution is 2.17. The molecule has 0 spiro atoms. The zero-order valence-electron chi connectivity index (χ0n) is 73.2. The number of benzene rings is 2. The molecule has 0 bridgehead atoms.